The van der Waals surface area contributed by atoms with Crippen molar-refractivity contribution >= 4 is 36.1 Å². The van der Waals surface area contributed by atoms with Crippen LogP contribution in [0.1, 0.15) is 17.5 Å². The van der Waals surface area contributed by atoms with Crippen LogP contribution in [0.5, 0.6) is 0 Å². The molecule has 84 valence electrons. The molecule has 0 aliphatic heterocycles. The van der Waals surface area contributed by atoms with Crippen molar-refractivity contribution in [2.24, 2.45) is 0 Å². The lowest BCUT2D eigenvalue weighted by molar-refractivity contribution is -0.140. The molecule has 4 heteroatoms. The van der Waals surface area contributed by atoms with Crippen LogP contribution >= 0.6 is 30.1 Å². The summed E-state index contributed by atoms with van der Waals surface area (Å²) in [5, 5.41) is 2.92. The van der Waals surface area contributed by atoms with E-state index >= 15 is 0 Å². The van der Waals surface area contributed by atoms with Crippen molar-refractivity contribution in [3.8, 4) is 11.2 Å². The highest BCUT2D eigenvalue weighted by Gasteiger charge is 2.00. The maximum Gasteiger partial charge on any atom is 0.305 e. The molecule has 0 aliphatic rings. The number of carbonyl (C=O) groups is 1. The predicted molar refractivity (Wildman–Crippen MR) is 75.3 cm³/mol. The van der Waals surface area contributed by atoms with Crippen LogP contribution in [-0.2, 0) is 16.0 Å². The summed E-state index contributed by atoms with van der Waals surface area (Å²) >= 11 is 2.14. The van der Waals surface area contributed by atoms with Crippen LogP contribution in [0.4, 0.5) is 0 Å². The van der Waals surface area contributed by atoms with Gasteiger partial charge in [0.25, 0.3) is 0 Å². The predicted octanol–water partition coefficient (Wildman–Crippen LogP) is 3.18. The van der Waals surface area contributed by atoms with E-state index in [9.17, 15) is 4.79 Å². The van der Waals surface area contributed by atoms with Crippen LogP contribution in [0, 0.1) is 11.2 Å². The van der Waals surface area contributed by atoms with E-state index in [4.69, 9.17) is 0 Å². The van der Waals surface area contributed by atoms with Crippen molar-refractivity contribution in [2.75, 3.05) is 7.11 Å². The first-order valence-corrected chi connectivity index (χ1v) is 8.06. The number of benzene rings is 1. The summed E-state index contributed by atoms with van der Waals surface area (Å²) in [5.41, 5.74) is 2.11. The highest BCUT2D eigenvalue weighted by Crippen LogP contribution is 2.09. The fourth-order valence-electron chi connectivity index (χ4n) is 1.18. The molecule has 16 heavy (non-hydrogen) atoms. The number of methoxy groups -OCH3 is 1. The molecule has 0 aliphatic carbocycles. The molecule has 0 bridgehead atoms. The lowest BCUT2D eigenvalue weighted by Gasteiger charge is -2.00. The Kier molecular flexibility index (Phi) is 6.34. The van der Waals surface area contributed by atoms with Crippen molar-refractivity contribution < 1.29 is 9.53 Å². The Morgan fingerprint density at radius 1 is 1.44 bits per heavy atom. The summed E-state index contributed by atoms with van der Waals surface area (Å²) in [6.45, 7) is 0. The highest BCUT2D eigenvalue weighted by molar-refractivity contribution is 14.2. The average molecular weight is 346 g/mol. The molecule has 0 N–H and O–H groups in total. The molecular formula is C12H11IO2S. The van der Waals surface area contributed by atoms with Crippen LogP contribution in [0.15, 0.2) is 24.3 Å². The zero-order valence-electron chi connectivity index (χ0n) is 8.83. The molecule has 0 fully saturated rings. The Balaban J connectivity index is 2.54. The van der Waals surface area contributed by atoms with E-state index in [2.05, 4.69) is 37.1 Å². The quantitative estimate of drug-likeness (QED) is 0.478. The number of carbonyl (C=O) groups excluding carboxylic acids is 1. The van der Waals surface area contributed by atoms with Gasteiger partial charge in [-0.15, -0.1) is 0 Å². The molecule has 1 rings (SSSR count). The minimum absolute atomic E-state index is 0.176. The van der Waals surface area contributed by atoms with Gasteiger partial charge in [0.05, 0.1) is 7.11 Å². The topological polar surface area (TPSA) is 26.3 Å². The van der Waals surface area contributed by atoms with Gasteiger partial charge in [-0.3, -0.25) is 4.79 Å². The fraction of sp³-hybridized carbons (Fsp3) is 0.250. The van der Waals surface area contributed by atoms with E-state index < -0.39 is 0 Å². The van der Waals surface area contributed by atoms with Crippen LogP contribution in [0.25, 0.3) is 0 Å². The maximum absolute atomic E-state index is 10.9. The number of rotatable bonds is 3. The normalized spacial score (nSPS) is 9.12. The molecule has 2 nitrogen and oxygen atoms in total. The van der Waals surface area contributed by atoms with E-state index in [1.54, 1.807) is 0 Å². The molecule has 0 saturated carbocycles. The minimum atomic E-state index is -0.176. The van der Waals surface area contributed by atoms with E-state index in [0.29, 0.717) is 12.8 Å². The van der Waals surface area contributed by atoms with E-state index in [-0.39, 0.29) is 5.97 Å². The van der Waals surface area contributed by atoms with Gasteiger partial charge < -0.3 is 4.74 Å². The van der Waals surface area contributed by atoms with Crippen molar-refractivity contribution in [1.29, 1.82) is 0 Å². The lowest BCUT2D eigenvalue weighted by Crippen LogP contribution is -2.01. The van der Waals surface area contributed by atoms with Crippen LogP contribution in [0.2, 0.25) is 0 Å². The largest absolute Gasteiger partial charge is 0.469 e. The van der Waals surface area contributed by atoms with Crippen LogP contribution in [-0.4, -0.2) is 13.1 Å². The van der Waals surface area contributed by atoms with Gasteiger partial charge in [0.1, 0.15) is 0 Å². The third kappa shape index (κ3) is 4.90. The van der Waals surface area contributed by atoms with Crippen molar-refractivity contribution in [3.63, 3.8) is 0 Å². The molecule has 0 heterocycles. The van der Waals surface area contributed by atoms with E-state index in [0.717, 1.165) is 11.1 Å². The minimum Gasteiger partial charge on any atom is -0.469 e. The Labute approximate surface area is 112 Å². The molecule has 1 aromatic rings. The summed E-state index contributed by atoms with van der Waals surface area (Å²) in [5.74, 6) is 2.84. The summed E-state index contributed by atoms with van der Waals surface area (Å²) < 4.78 is 4.58. The molecule has 0 spiro atoms. The number of halogens is 1. The Morgan fingerprint density at radius 3 is 2.69 bits per heavy atom. The zero-order chi connectivity index (χ0) is 11.8. The van der Waals surface area contributed by atoms with Gasteiger partial charge in [-0.05, 0) is 38.3 Å². The number of hydrogen-bond acceptors (Lipinski definition) is 3. The standard InChI is InChI=1S/C12H11IO2S/c1-15-12(14)7-6-10-2-4-11(5-3-10)8-9-16-13/h2-5H,6-7H2,1H3. The zero-order valence-corrected chi connectivity index (χ0v) is 11.8. The Hall–Kier alpha value is -0.670. The van der Waals surface area contributed by atoms with Gasteiger partial charge in [0, 0.05) is 33.2 Å². The van der Waals surface area contributed by atoms with E-state index in [1.165, 1.54) is 16.0 Å². The van der Waals surface area contributed by atoms with Gasteiger partial charge >= 0.3 is 5.97 Å². The number of ether oxygens (including phenoxy) is 1. The molecular weight excluding hydrogens is 335 g/mol. The molecule has 0 amide bonds. The fourth-order valence-corrected chi connectivity index (χ4v) is 1.67. The number of hydrogen-bond donors (Lipinski definition) is 0. The maximum atomic E-state index is 10.9. The molecule has 0 saturated heterocycles. The average Bonchev–Trinajstić information content (AvgIpc) is 2.34. The summed E-state index contributed by atoms with van der Waals surface area (Å²) in [4.78, 5) is 10.9. The molecule has 0 aromatic heterocycles. The monoisotopic (exact) mass is 346 g/mol. The van der Waals surface area contributed by atoms with Gasteiger partial charge in [-0.25, -0.2) is 0 Å². The van der Waals surface area contributed by atoms with Crippen molar-refractivity contribution in [3.05, 3.63) is 35.4 Å². The van der Waals surface area contributed by atoms with E-state index in [1.807, 2.05) is 24.3 Å². The smallest absolute Gasteiger partial charge is 0.305 e. The van der Waals surface area contributed by atoms with Crippen LogP contribution in [0.3, 0.4) is 0 Å². The van der Waals surface area contributed by atoms with Crippen molar-refractivity contribution in [2.45, 2.75) is 12.8 Å². The summed E-state index contributed by atoms with van der Waals surface area (Å²) in [7, 11) is 2.87. The SMILES string of the molecule is COC(=O)CCc1ccc(C#CSI)cc1. The van der Waals surface area contributed by atoms with Crippen LogP contribution < -0.4 is 0 Å². The van der Waals surface area contributed by atoms with Gasteiger partial charge in [-0.2, -0.15) is 0 Å². The lowest BCUT2D eigenvalue weighted by atomic mass is 10.1. The first kappa shape index (κ1) is 13.4. The van der Waals surface area contributed by atoms with Gasteiger partial charge in [-0.1, -0.05) is 18.1 Å². The highest BCUT2D eigenvalue weighted by atomic mass is 127. The number of esters is 1. The first-order valence-electron chi connectivity index (χ1n) is 4.70. The van der Waals surface area contributed by atoms with Crippen molar-refractivity contribution in [1.82, 2.24) is 0 Å². The molecule has 1 aromatic carbocycles. The second kappa shape index (κ2) is 7.58. The third-order valence-electron chi connectivity index (χ3n) is 2.03. The first-order chi connectivity index (χ1) is 7.76. The summed E-state index contributed by atoms with van der Waals surface area (Å²) in [6, 6.07) is 7.91. The second-order valence-electron chi connectivity index (χ2n) is 3.08. The third-order valence-corrected chi connectivity index (χ3v) is 2.87. The molecule has 0 radical (unpaired) electrons. The molecule has 0 atom stereocenters. The Morgan fingerprint density at radius 2 is 2.12 bits per heavy atom. The van der Waals surface area contributed by atoms with Gasteiger partial charge in [0.15, 0.2) is 0 Å². The van der Waals surface area contributed by atoms with Gasteiger partial charge in [0.2, 0.25) is 0 Å². The molecule has 0 unspecified atom stereocenters. The number of aryl methyl sites for hydroxylation is 1. The summed E-state index contributed by atoms with van der Waals surface area (Å²) in [6.07, 6.45) is 1.13. The second-order valence-corrected chi connectivity index (χ2v) is 4.76. The Bertz CT molecular complexity index is 403.